The molecule has 0 aliphatic carbocycles. The molecule has 3 unspecified atom stereocenters. The van der Waals surface area contributed by atoms with E-state index < -0.39 is 26.6 Å². The lowest BCUT2D eigenvalue weighted by molar-refractivity contribution is -0.870. The second-order valence-electron chi connectivity index (χ2n) is 19.2. The van der Waals surface area contributed by atoms with Gasteiger partial charge in [-0.15, -0.1) is 0 Å². The summed E-state index contributed by atoms with van der Waals surface area (Å²) in [5.41, 5.74) is 0. The van der Waals surface area contributed by atoms with E-state index in [1.807, 2.05) is 27.2 Å². The van der Waals surface area contributed by atoms with Gasteiger partial charge in [0.25, 0.3) is 7.82 Å². The molecule has 70 heavy (non-hydrogen) atoms. The van der Waals surface area contributed by atoms with Crippen molar-refractivity contribution < 1.29 is 32.9 Å². The third-order valence-electron chi connectivity index (χ3n) is 11.3. The van der Waals surface area contributed by atoms with Crippen molar-refractivity contribution in [3.63, 3.8) is 0 Å². The van der Waals surface area contributed by atoms with Crippen LogP contribution >= 0.6 is 7.82 Å². The minimum Gasteiger partial charge on any atom is -0.756 e. The van der Waals surface area contributed by atoms with E-state index >= 15 is 0 Å². The van der Waals surface area contributed by atoms with Crippen molar-refractivity contribution in [2.24, 2.45) is 0 Å². The van der Waals surface area contributed by atoms with Crippen LogP contribution in [0.5, 0.6) is 0 Å². The molecule has 398 valence electrons. The molecule has 0 bridgehead atoms. The highest BCUT2D eigenvalue weighted by atomic mass is 31.2. The maximum atomic E-state index is 12.9. The quantitative estimate of drug-likeness (QED) is 0.0272. The van der Waals surface area contributed by atoms with Crippen LogP contribution in [0.15, 0.2) is 134 Å². The molecule has 1 amide bonds. The summed E-state index contributed by atoms with van der Waals surface area (Å²) in [4.78, 5) is 25.4. The highest BCUT2D eigenvalue weighted by Crippen LogP contribution is 2.38. The van der Waals surface area contributed by atoms with Crippen LogP contribution < -0.4 is 10.2 Å². The Kier molecular flexibility index (Phi) is 48.1. The fraction of sp³-hybridized carbons (Fsp3) is 0.623. The number of phosphoric acid groups is 1. The van der Waals surface area contributed by atoms with Crippen molar-refractivity contribution in [2.75, 3.05) is 40.9 Å². The number of rotatable bonds is 48. The molecule has 0 aromatic carbocycles. The number of nitrogens with zero attached hydrogens (tertiary/aromatic N) is 1. The smallest absolute Gasteiger partial charge is 0.268 e. The molecule has 0 saturated carbocycles. The molecule has 0 aromatic heterocycles. The van der Waals surface area contributed by atoms with Crippen LogP contribution in [-0.2, 0) is 18.4 Å². The number of hydrogen-bond donors (Lipinski definition) is 2. The molecule has 0 aliphatic heterocycles. The van der Waals surface area contributed by atoms with E-state index in [0.717, 1.165) is 109 Å². The first kappa shape index (κ1) is 66.6. The van der Waals surface area contributed by atoms with Gasteiger partial charge in [0.1, 0.15) is 13.2 Å². The third kappa shape index (κ3) is 52.5. The highest BCUT2D eigenvalue weighted by Gasteiger charge is 2.23. The maximum absolute atomic E-state index is 12.9. The summed E-state index contributed by atoms with van der Waals surface area (Å²) < 4.78 is 23.2. The SMILES string of the molecule is CC/C=C\C/C=C\C/C=C\C/C=C\C/C=C\C/C=C\C/C=C\C/C=C\CCCCCCCCCCCCCCC(=O)NC(COP(=O)([O-])OCC[N+](C)(C)C)C(O)/C=C/CC/C=C/CC/C=C/CCC. The maximum Gasteiger partial charge on any atom is 0.268 e. The Bertz CT molecular complexity index is 1590. The van der Waals surface area contributed by atoms with E-state index in [9.17, 15) is 19.4 Å². The molecule has 0 aromatic rings. The number of amides is 1. The van der Waals surface area contributed by atoms with Gasteiger partial charge in [0.05, 0.1) is 39.9 Å². The average Bonchev–Trinajstić information content (AvgIpc) is 3.32. The fourth-order valence-electron chi connectivity index (χ4n) is 7.03. The second kappa shape index (κ2) is 50.6. The molecule has 0 aliphatic rings. The molecular weight excluding hydrogens is 888 g/mol. The first-order chi connectivity index (χ1) is 34.0. The number of allylic oxidation sites excluding steroid dienone is 21. The van der Waals surface area contributed by atoms with Gasteiger partial charge >= 0.3 is 0 Å². The Balaban J connectivity index is 4.08. The van der Waals surface area contributed by atoms with Crippen LogP contribution in [0.25, 0.3) is 0 Å². The Morgan fingerprint density at radius 2 is 0.886 bits per heavy atom. The summed E-state index contributed by atoms with van der Waals surface area (Å²) in [6.45, 7) is 4.40. The Morgan fingerprint density at radius 3 is 1.31 bits per heavy atom. The first-order valence-electron chi connectivity index (χ1n) is 27.5. The third-order valence-corrected chi connectivity index (χ3v) is 12.3. The zero-order valence-corrected chi connectivity index (χ0v) is 46.1. The number of likely N-dealkylation sites (N-methyl/N-ethyl adjacent to an activating group) is 1. The molecule has 0 rings (SSSR count). The summed E-state index contributed by atoms with van der Waals surface area (Å²) in [6.07, 6.45) is 76.8. The lowest BCUT2D eigenvalue weighted by atomic mass is 10.0. The summed E-state index contributed by atoms with van der Waals surface area (Å²) in [6, 6.07) is -0.918. The van der Waals surface area contributed by atoms with E-state index in [-0.39, 0.29) is 12.5 Å². The van der Waals surface area contributed by atoms with Gasteiger partial charge in [-0.1, -0.05) is 218 Å². The number of aliphatic hydroxyl groups excluding tert-OH is 1. The second-order valence-corrected chi connectivity index (χ2v) is 20.6. The number of carbonyl (C=O) groups excluding carboxylic acids is 1. The topological polar surface area (TPSA) is 108 Å². The van der Waals surface area contributed by atoms with Crippen LogP contribution in [0.2, 0.25) is 0 Å². The van der Waals surface area contributed by atoms with Crippen LogP contribution in [0.3, 0.4) is 0 Å². The fourth-order valence-corrected chi connectivity index (χ4v) is 7.75. The molecule has 0 saturated heterocycles. The average molecular weight is 991 g/mol. The van der Waals surface area contributed by atoms with Crippen molar-refractivity contribution in [3.8, 4) is 0 Å². The van der Waals surface area contributed by atoms with E-state index in [2.05, 4.69) is 141 Å². The van der Waals surface area contributed by atoms with Crippen LogP contribution in [0, 0.1) is 0 Å². The molecule has 0 heterocycles. The van der Waals surface area contributed by atoms with Gasteiger partial charge in [-0.3, -0.25) is 9.36 Å². The number of nitrogens with one attached hydrogen (secondary N) is 1. The Morgan fingerprint density at radius 1 is 0.514 bits per heavy atom. The van der Waals surface area contributed by atoms with Gasteiger partial charge in [0, 0.05) is 6.42 Å². The standard InChI is InChI=1S/C61H103N2O6P/c1-6-8-10-12-14-16-18-19-20-21-22-23-24-25-26-27-28-29-30-31-32-33-34-35-36-37-38-39-40-41-42-43-45-47-49-51-53-55-61(65)62-59(58-69-70(66,67)68-57-56-63(3,4)5)60(64)54-52-50-48-46-44-17-15-13-11-9-7-2/h8,10-11,13-14,16,19-20,22-23,25-26,28-29,31-32,34-35,44,46,52,54,59-60,64H,6-7,9,12,15,17-18,21,24,27,30,33,36-43,45,47-51,53,55-58H2,1-5H3,(H-,62,65,66,67)/b10-8-,13-11+,16-14-,20-19-,23-22-,26-25-,29-28-,32-31-,35-34-,46-44+,54-52+. The van der Waals surface area contributed by atoms with Gasteiger partial charge in [0.2, 0.25) is 5.91 Å². The molecule has 2 N–H and O–H groups in total. The monoisotopic (exact) mass is 991 g/mol. The normalized spacial score (nSPS) is 15.0. The van der Waals surface area contributed by atoms with Crippen molar-refractivity contribution in [3.05, 3.63) is 134 Å². The van der Waals surface area contributed by atoms with Crippen molar-refractivity contribution in [1.82, 2.24) is 5.32 Å². The van der Waals surface area contributed by atoms with Crippen LogP contribution in [0.4, 0.5) is 0 Å². The lowest BCUT2D eigenvalue weighted by Crippen LogP contribution is -2.45. The summed E-state index contributed by atoms with van der Waals surface area (Å²) in [5, 5.41) is 13.8. The number of phosphoric ester groups is 1. The van der Waals surface area contributed by atoms with Crippen molar-refractivity contribution >= 4 is 13.7 Å². The van der Waals surface area contributed by atoms with Gasteiger partial charge in [-0.2, -0.15) is 0 Å². The van der Waals surface area contributed by atoms with Gasteiger partial charge in [0.15, 0.2) is 0 Å². The zero-order valence-electron chi connectivity index (χ0n) is 45.2. The zero-order chi connectivity index (χ0) is 51.3. The largest absolute Gasteiger partial charge is 0.756 e. The van der Waals surface area contributed by atoms with E-state index in [1.165, 1.54) is 64.2 Å². The first-order valence-corrected chi connectivity index (χ1v) is 29.0. The Hall–Kier alpha value is -3.36. The number of aliphatic hydroxyl groups is 1. The van der Waals surface area contributed by atoms with Gasteiger partial charge in [-0.05, 0) is 103 Å². The van der Waals surface area contributed by atoms with E-state index in [0.29, 0.717) is 17.4 Å². The molecule has 0 fully saturated rings. The molecule has 9 heteroatoms. The molecule has 8 nitrogen and oxygen atoms in total. The molecule has 0 radical (unpaired) electrons. The lowest BCUT2D eigenvalue weighted by Gasteiger charge is -2.29. The van der Waals surface area contributed by atoms with Gasteiger partial charge < -0.3 is 28.8 Å². The van der Waals surface area contributed by atoms with E-state index in [4.69, 9.17) is 9.05 Å². The summed E-state index contributed by atoms with van der Waals surface area (Å²) in [5.74, 6) is -0.222. The van der Waals surface area contributed by atoms with Crippen LogP contribution in [0.1, 0.15) is 194 Å². The number of hydrogen-bond acceptors (Lipinski definition) is 6. The Labute approximate surface area is 430 Å². The minimum atomic E-state index is -4.61. The number of unbranched alkanes of at least 4 members (excludes halogenated alkanes) is 15. The predicted molar refractivity (Wildman–Crippen MR) is 302 cm³/mol. The summed E-state index contributed by atoms with van der Waals surface area (Å²) >= 11 is 0. The molecule has 0 spiro atoms. The molecule has 3 atom stereocenters. The van der Waals surface area contributed by atoms with Gasteiger partial charge in [-0.25, -0.2) is 0 Å². The molecular formula is C61H103N2O6P. The van der Waals surface area contributed by atoms with Crippen molar-refractivity contribution in [1.29, 1.82) is 0 Å². The summed E-state index contributed by atoms with van der Waals surface area (Å²) in [7, 11) is 1.21. The highest BCUT2D eigenvalue weighted by molar-refractivity contribution is 7.45. The van der Waals surface area contributed by atoms with E-state index in [1.54, 1.807) is 6.08 Å². The van der Waals surface area contributed by atoms with Crippen LogP contribution in [-0.4, -0.2) is 68.5 Å². The van der Waals surface area contributed by atoms with Crippen molar-refractivity contribution in [2.45, 2.75) is 206 Å². The predicted octanol–water partition coefficient (Wildman–Crippen LogP) is 16.1. The number of quaternary nitrogens is 1. The minimum absolute atomic E-state index is 0.0158. The number of carbonyl (C=O) groups is 1.